The smallest absolute Gasteiger partial charge is 0.319 e. The highest BCUT2D eigenvalue weighted by Crippen LogP contribution is 2.51. The third-order valence-corrected chi connectivity index (χ3v) is 10.5. The van der Waals surface area contributed by atoms with E-state index in [9.17, 15) is 14.0 Å². The van der Waals surface area contributed by atoms with Crippen molar-refractivity contribution in [2.45, 2.75) is 63.8 Å². The van der Waals surface area contributed by atoms with E-state index in [4.69, 9.17) is 31.8 Å². The summed E-state index contributed by atoms with van der Waals surface area (Å²) in [4.78, 5) is 13.5. The van der Waals surface area contributed by atoms with Crippen LogP contribution in [0.2, 0.25) is 5.02 Å². The van der Waals surface area contributed by atoms with Crippen LogP contribution in [0.5, 0.6) is 11.8 Å². The first-order valence-corrected chi connectivity index (χ1v) is 15.8. The van der Waals surface area contributed by atoms with E-state index in [1.807, 2.05) is 31.7 Å². The Labute approximate surface area is 261 Å². The summed E-state index contributed by atoms with van der Waals surface area (Å²) in [5, 5.41) is 10.4. The lowest BCUT2D eigenvalue weighted by Crippen LogP contribution is -2.44. The fourth-order valence-corrected chi connectivity index (χ4v) is 8.54. The predicted octanol–water partition coefficient (Wildman–Crippen LogP) is 6.85. The molecule has 3 atom stereocenters. The lowest BCUT2D eigenvalue weighted by Gasteiger charge is -2.33. The highest BCUT2D eigenvalue weighted by Gasteiger charge is 2.49. The van der Waals surface area contributed by atoms with E-state index >= 15 is 4.39 Å². The van der Waals surface area contributed by atoms with Crippen molar-refractivity contribution >= 4 is 54.7 Å². The van der Waals surface area contributed by atoms with Crippen molar-refractivity contribution < 1.29 is 22.6 Å². The zero-order chi connectivity index (χ0) is 31.1. The number of nitriles is 1. The maximum atomic E-state index is 17.0. The van der Waals surface area contributed by atoms with Gasteiger partial charge in [0.2, 0.25) is 0 Å². The van der Waals surface area contributed by atoms with Gasteiger partial charge in [-0.3, -0.25) is 4.90 Å². The molecule has 7 rings (SSSR count). The Bertz CT molecular complexity index is 1880. The van der Waals surface area contributed by atoms with Gasteiger partial charge < -0.3 is 20.1 Å². The first kappa shape index (κ1) is 29.2. The number of nitrogens with two attached hydrogens (primary N) is 1. The molecule has 0 saturated carbocycles. The van der Waals surface area contributed by atoms with E-state index in [-0.39, 0.29) is 84.8 Å². The molecule has 2 N–H and O–H groups in total. The number of ether oxygens (including phenoxy) is 2. The van der Waals surface area contributed by atoms with Crippen molar-refractivity contribution in [2.24, 2.45) is 0 Å². The number of aromatic nitrogens is 2. The monoisotopic (exact) mass is 642 g/mol. The summed E-state index contributed by atoms with van der Waals surface area (Å²) in [7, 11) is 0. The molecular formula is C31H30ClF3N6O2S. The van der Waals surface area contributed by atoms with E-state index in [2.05, 4.69) is 9.88 Å². The maximum absolute atomic E-state index is 17.0. The second kappa shape index (κ2) is 10.5. The second-order valence-electron chi connectivity index (χ2n) is 12.2. The van der Waals surface area contributed by atoms with Gasteiger partial charge in [0.05, 0.1) is 32.3 Å². The average molecular weight is 643 g/mol. The van der Waals surface area contributed by atoms with Gasteiger partial charge in [0.25, 0.3) is 0 Å². The Balaban J connectivity index is 1.47. The molecule has 5 heterocycles. The number of alkyl halides is 1. The van der Waals surface area contributed by atoms with Gasteiger partial charge in [-0.2, -0.15) is 15.2 Å². The van der Waals surface area contributed by atoms with Crippen LogP contribution in [-0.2, 0) is 0 Å². The van der Waals surface area contributed by atoms with Crippen LogP contribution < -0.4 is 20.1 Å². The summed E-state index contributed by atoms with van der Waals surface area (Å²) in [6.07, 6.45) is 1.16. The highest BCUT2D eigenvalue weighted by atomic mass is 35.5. The summed E-state index contributed by atoms with van der Waals surface area (Å²) >= 11 is 7.88. The zero-order valence-electron chi connectivity index (χ0n) is 24.4. The van der Waals surface area contributed by atoms with Crippen molar-refractivity contribution in [3.63, 3.8) is 0 Å². The van der Waals surface area contributed by atoms with Gasteiger partial charge in [-0.25, -0.2) is 13.2 Å². The van der Waals surface area contributed by atoms with E-state index in [0.717, 1.165) is 30.7 Å². The fraction of sp³-hybridized carbons (Fsp3) is 0.452. The topological polar surface area (TPSA) is 101 Å². The minimum absolute atomic E-state index is 0.0388. The van der Waals surface area contributed by atoms with Crippen LogP contribution in [0.4, 0.5) is 24.0 Å². The minimum atomic E-state index is -0.933. The van der Waals surface area contributed by atoms with E-state index in [1.54, 1.807) is 0 Å². The Hall–Kier alpha value is -3.53. The lowest BCUT2D eigenvalue weighted by molar-refractivity contribution is 0.107. The van der Waals surface area contributed by atoms with Gasteiger partial charge >= 0.3 is 6.01 Å². The fourth-order valence-electron chi connectivity index (χ4n) is 7.26. The number of thiophene rings is 1. The Morgan fingerprint density at radius 3 is 2.84 bits per heavy atom. The summed E-state index contributed by atoms with van der Waals surface area (Å²) in [6, 6.07) is 4.33. The molecule has 0 radical (unpaired) electrons. The number of halogens is 4. The second-order valence-corrected chi connectivity index (χ2v) is 13.6. The minimum Gasteiger partial charge on any atom is -0.489 e. The van der Waals surface area contributed by atoms with Crippen molar-refractivity contribution in [3.8, 4) is 29.0 Å². The van der Waals surface area contributed by atoms with Crippen molar-refractivity contribution in [1.29, 1.82) is 5.26 Å². The third-order valence-electron chi connectivity index (χ3n) is 9.12. The van der Waals surface area contributed by atoms with Gasteiger partial charge in [-0.15, -0.1) is 11.3 Å². The zero-order valence-corrected chi connectivity index (χ0v) is 26.0. The molecule has 2 fully saturated rings. The van der Waals surface area contributed by atoms with Crippen molar-refractivity contribution in [2.75, 3.05) is 36.9 Å². The number of fused-ring (bicyclic) bond motifs is 2. The SMILES string of the molecule is CC(C)N1c2nc(OC[C@@]34CCCN3C[C@H](F)C4)nc3c(F)c(-c4ccc(F)c5sc(N)c(C#N)c45)c(Cl)c(c23)OC[C@@H]1C. The molecule has 4 aromatic rings. The molecule has 0 unspecified atom stereocenters. The quantitative estimate of drug-likeness (QED) is 0.252. The van der Waals surface area contributed by atoms with Crippen LogP contribution in [0.15, 0.2) is 12.1 Å². The number of hydrogen-bond acceptors (Lipinski definition) is 9. The lowest BCUT2D eigenvalue weighted by atomic mass is 9.95. The molecule has 2 saturated heterocycles. The van der Waals surface area contributed by atoms with E-state index in [0.29, 0.717) is 18.8 Å². The van der Waals surface area contributed by atoms with E-state index < -0.39 is 23.3 Å². The molecule has 3 aliphatic heterocycles. The molecule has 13 heteroatoms. The van der Waals surface area contributed by atoms with Crippen LogP contribution >= 0.6 is 22.9 Å². The highest BCUT2D eigenvalue weighted by molar-refractivity contribution is 7.23. The predicted molar refractivity (Wildman–Crippen MR) is 166 cm³/mol. The Kier molecular flexibility index (Phi) is 6.99. The van der Waals surface area contributed by atoms with Gasteiger partial charge in [0.15, 0.2) is 11.6 Å². The molecule has 3 aliphatic rings. The number of hydrogen-bond donors (Lipinski definition) is 1. The van der Waals surface area contributed by atoms with Crippen molar-refractivity contribution in [3.05, 3.63) is 34.4 Å². The molecule has 0 spiro atoms. The number of nitrogen functional groups attached to an aromatic ring is 1. The first-order chi connectivity index (χ1) is 21.0. The molecule has 0 bridgehead atoms. The number of anilines is 2. The number of rotatable bonds is 5. The molecule has 0 amide bonds. The summed E-state index contributed by atoms with van der Waals surface area (Å²) in [6.45, 7) is 7.51. The molecule has 0 aliphatic carbocycles. The van der Waals surface area contributed by atoms with Gasteiger partial charge in [-0.05, 0) is 51.8 Å². The summed E-state index contributed by atoms with van der Waals surface area (Å²) < 4.78 is 58.9. The van der Waals surface area contributed by atoms with Gasteiger partial charge in [0.1, 0.15) is 47.6 Å². The number of benzene rings is 2. The van der Waals surface area contributed by atoms with E-state index in [1.165, 1.54) is 12.1 Å². The Morgan fingerprint density at radius 2 is 2.09 bits per heavy atom. The molecule has 230 valence electrons. The summed E-state index contributed by atoms with van der Waals surface area (Å²) in [5.41, 5.74) is 5.66. The molecule has 2 aromatic carbocycles. The molecule has 2 aromatic heterocycles. The summed E-state index contributed by atoms with van der Waals surface area (Å²) in [5.74, 6) is -0.788. The maximum Gasteiger partial charge on any atom is 0.319 e. The molecular weight excluding hydrogens is 613 g/mol. The van der Waals surface area contributed by atoms with Crippen LogP contribution in [0.3, 0.4) is 0 Å². The van der Waals surface area contributed by atoms with Crippen LogP contribution in [-0.4, -0.2) is 65.0 Å². The normalized spacial score (nSPS) is 23.3. The molecule has 44 heavy (non-hydrogen) atoms. The average Bonchev–Trinajstić information content (AvgIpc) is 3.58. The largest absolute Gasteiger partial charge is 0.489 e. The number of nitrogens with zero attached hydrogens (tertiary/aromatic N) is 5. The van der Waals surface area contributed by atoms with Gasteiger partial charge in [0, 0.05) is 30.0 Å². The van der Waals surface area contributed by atoms with Crippen LogP contribution in [0.25, 0.3) is 32.1 Å². The first-order valence-electron chi connectivity index (χ1n) is 14.6. The standard InChI is InChI=1S/C31H30ClF3N6O2S/c1-14(2)41-15(3)12-42-26-22-25(38-30(39-29(22)41)43-13-31-7-4-8-40(31)11-16(33)9-31)24(35)21(23(26)32)17-5-6-19(34)27-20(17)18(10-36)28(37)44-27/h5-6,14-16H,4,7-9,11-13,37H2,1-3H3/t15-,16+,31-/m0/s1. The van der Waals surface area contributed by atoms with Gasteiger partial charge in [-0.1, -0.05) is 17.7 Å². The molecule has 8 nitrogen and oxygen atoms in total. The van der Waals surface area contributed by atoms with Crippen LogP contribution in [0.1, 0.15) is 45.6 Å². The van der Waals surface area contributed by atoms with Crippen molar-refractivity contribution in [1.82, 2.24) is 14.9 Å². The van der Waals surface area contributed by atoms with Crippen LogP contribution in [0, 0.1) is 23.0 Å². The Morgan fingerprint density at radius 1 is 1.30 bits per heavy atom. The third kappa shape index (κ3) is 4.27.